The van der Waals surface area contributed by atoms with E-state index < -0.39 is 0 Å². The summed E-state index contributed by atoms with van der Waals surface area (Å²) in [5.74, 6) is 1.66. The molecule has 2 aliphatic carbocycles. The number of amides is 1. The van der Waals surface area contributed by atoms with Crippen molar-refractivity contribution in [1.29, 1.82) is 0 Å². The number of nitrogens with zero attached hydrogens (tertiary/aromatic N) is 3. The molecule has 0 spiro atoms. The quantitative estimate of drug-likeness (QED) is 0.391. The third-order valence-corrected chi connectivity index (χ3v) is 7.24. The topological polar surface area (TPSA) is 99.3 Å². The van der Waals surface area contributed by atoms with Gasteiger partial charge in [-0.25, -0.2) is 4.98 Å². The number of aldehydes is 1. The van der Waals surface area contributed by atoms with E-state index in [1.165, 1.54) is 0 Å². The van der Waals surface area contributed by atoms with Crippen molar-refractivity contribution < 1.29 is 9.59 Å². The van der Waals surface area contributed by atoms with Crippen LogP contribution in [0.15, 0.2) is 48.5 Å². The summed E-state index contributed by atoms with van der Waals surface area (Å²) in [6.07, 6.45) is 6.22. The Balaban J connectivity index is 1.13. The average Bonchev–Trinajstić information content (AvgIpc) is 3.67. The first-order valence-electron chi connectivity index (χ1n) is 12.8. The molecule has 5 rings (SSSR count). The Morgan fingerprint density at radius 2 is 1.83 bits per heavy atom. The SMILES string of the molecule is CN(C)c1nc(NC2CCC(C(=O)NCc3cccc(NC4(C=O)CC4)c3)CC2)nc2ccccc12. The summed E-state index contributed by atoms with van der Waals surface area (Å²) in [4.78, 5) is 35.6. The zero-order valence-corrected chi connectivity index (χ0v) is 21.0. The van der Waals surface area contributed by atoms with Gasteiger partial charge in [0, 0.05) is 43.7 Å². The third kappa shape index (κ3) is 5.42. The molecule has 3 aromatic rings. The van der Waals surface area contributed by atoms with Crippen LogP contribution in [0.4, 0.5) is 17.5 Å². The monoisotopic (exact) mass is 486 g/mol. The van der Waals surface area contributed by atoms with E-state index in [0.29, 0.717) is 12.5 Å². The van der Waals surface area contributed by atoms with Crippen LogP contribution >= 0.6 is 0 Å². The highest BCUT2D eigenvalue weighted by molar-refractivity contribution is 5.90. The lowest BCUT2D eigenvalue weighted by atomic mass is 9.85. The number of rotatable bonds is 9. The van der Waals surface area contributed by atoms with Gasteiger partial charge in [0.25, 0.3) is 0 Å². The number of nitrogens with one attached hydrogen (secondary N) is 3. The van der Waals surface area contributed by atoms with Gasteiger partial charge < -0.3 is 25.6 Å². The maximum atomic E-state index is 12.8. The number of anilines is 3. The molecule has 0 radical (unpaired) electrons. The number of hydrogen-bond acceptors (Lipinski definition) is 7. The molecule has 0 unspecified atom stereocenters. The predicted molar refractivity (Wildman–Crippen MR) is 143 cm³/mol. The average molecular weight is 487 g/mol. The van der Waals surface area contributed by atoms with Crippen LogP contribution in [0, 0.1) is 5.92 Å². The van der Waals surface area contributed by atoms with Crippen molar-refractivity contribution in [3.63, 3.8) is 0 Å². The van der Waals surface area contributed by atoms with Gasteiger partial charge in [-0.05, 0) is 68.4 Å². The molecular weight excluding hydrogens is 452 g/mol. The number of aromatic nitrogens is 2. The first-order valence-corrected chi connectivity index (χ1v) is 12.8. The molecule has 0 bridgehead atoms. The number of benzene rings is 2. The van der Waals surface area contributed by atoms with Gasteiger partial charge in [-0.15, -0.1) is 0 Å². The highest BCUT2D eigenvalue weighted by Gasteiger charge is 2.42. The van der Waals surface area contributed by atoms with E-state index in [-0.39, 0.29) is 23.4 Å². The van der Waals surface area contributed by atoms with Gasteiger partial charge in [0.05, 0.1) is 11.1 Å². The summed E-state index contributed by atoms with van der Waals surface area (Å²) in [7, 11) is 3.98. The zero-order chi connectivity index (χ0) is 25.1. The lowest BCUT2D eigenvalue weighted by molar-refractivity contribution is -0.126. The highest BCUT2D eigenvalue weighted by atomic mass is 16.1. The molecule has 188 valence electrons. The number of carbonyl (C=O) groups excluding carboxylic acids is 2. The summed E-state index contributed by atoms with van der Waals surface area (Å²) in [5, 5.41) is 11.0. The van der Waals surface area contributed by atoms with Gasteiger partial charge in [0.1, 0.15) is 12.1 Å². The van der Waals surface area contributed by atoms with Crippen LogP contribution in [0.5, 0.6) is 0 Å². The molecule has 0 atom stereocenters. The van der Waals surface area contributed by atoms with Crippen molar-refractivity contribution in [2.45, 2.75) is 56.7 Å². The van der Waals surface area contributed by atoms with Gasteiger partial charge in [-0.1, -0.05) is 24.3 Å². The Morgan fingerprint density at radius 1 is 1.06 bits per heavy atom. The fourth-order valence-electron chi connectivity index (χ4n) is 4.93. The van der Waals surface area contributed by atoms with Crippen LogP contribution in [-0.2, 0) is 16.1 Å². The van der Waals surface area contributed by atoms with Gasteiger partial charge in [-0.2, -0.15) is 4.98 Å². The normalized spacial score (nSPS) is 20.4. The van der Waals surface area contributed by atoms with Gasteiger partial charge >= 0.3 is 0 Å². The van der Waals surface area contributed by atoms with Crippen molar-refractivity contribution in [3.8, 4) is 0 Å². The fraction of sp³-hybridized carbons (Fsp3) is 0.429. The number of para-hydroxylation sites is 1. The van der Waals surface area contributed by atoms with Crippen molar-refractivity contribution in [2.24, 2.45) is 5.92 Å². The summed E-state index contributed by atoms with van der Waals surface area (Å²) in [6.45, 7) is 0.485. The molecule has 1 aromatic heterocycles. The first kappa shape index (κ1) is 24.0. The van der Waals surface area contributed by atoms with Crippen LogP contribution in [0.2, 0.25) is 0 Å². The van der Waals surface area contributed by atoms with E-state index >= 15 is 0 Å². The Kier molecular flexibility index (Phi) is 6.76. The van der Waals surface area contributed by atoms with E-state index in [0.717, 1.165) is 72.8 Å². The zero-order valence-electron chi connectivity index (χ0n) is 21.0. The minimum atomic E-state index is -0.388. The third-order valence-electron chi connectivity index (χ3n) is 7.24. The van der Waals surface area contributed by atoms with Crippen molar-refractivity contribution in [2.75, 3.05) is 29.6 Å². The molecule has 0 aliphatic heterocycles. The highest BCUT2D eigenvalue weighted by Crippen LogP contribution is 2.37. The first-order chi connectivity index (χ1) is 17.4. The van der Waals surface area contributed by atoms with E-state index in [4.69, 9.17) is 9.97 Å². The fourth-order valence-corrected chi connectivity index (χ4v) is 4.93. The minimum absolute atomic E-state index is 0.0176. The van der Waals surface area contributed by atoms with Crippen LogP contribution in [0.25, 0.3) is 10.9 Å². The maximum absolute atomic E-state index is 12.8. The van der Waals surface area contributed by atoms with E-state index in [1.807, 2.05) is 67.5 Å². The largest absolute Gasteiger partial charge is 0.373 e. The summed E-state index contributed by atoms with van der Waals surface area (Å²) < 4.78 is 0. The van der Waals surface area contributed by atoms with Crippen LogP contribution in [0.3, 0.4) is 0 Å². The van der Waals surface area contributed by atoms with Crippen molar-refractivity contribution in [3.05, 3.63) is 54.1 Å². The van der Waals surface area contributed by atoms with Gasteiger partial charge in [0.15, 0.2) is 0 Å². The second-order valence-corrected chi connectivity index (χ2v) is 10.3. The standard InChI is InChI=1S/C28H34N6O2/c1-34(2)25-23-8-3-4-9-24(23)31-27(32-25)30-21-12-10-20(11-13-21)26(36)29-17-19-6-5-7-22(16-19)33-28(18-35)14-15-28/h3-9,16,18,20-21,33H,10-15,17H2,1-2H3,(H,29,36)(H,30,31,32). The smallest absolute Gasteiger partial charge is 0.225 e. The summed E-state index contributed by atoms with van der Waals surface area (Å²) in [6, 6.07) is 16.2. The van der Waals surface area contributed by atoms with Gasteiger partial charge in [0.2, 0.25) is 11.9 Å². The van der Waals surface area contributed by atoms with Crippen LogP contribution in [-0.4, -0.2) is 47.8 Å². The number of carbonyl (C=O) groups is 2. The molecule has 2 aromatic carbocycles. The Morgan fingerprint density at radius 3 is 2.56 bits per heavy atom. The Labute approximate surface area is 211 Å². The minimum Gasteiger partial charge on any atom is -0.373 e. The molecule has 8 heteroatoms. The van der Waals surface area contributed by atoms with Crippen LogP contribution < -0.4 is 20.9 Å². The summed E-state index contributed by atoms with van der Waals surface area (Å²) >= 11 is 0. The lowest BCUT2D eigenvalue weighted by Gasteiger charge is -2.28. The molecule has 1 amide bonds. The molecule has 0 saturated heterocycles. The molecular formula is C28H34N6O2. The number of fused-ring (bicyclic) bond motifs is 1. The van der Waals surface area contributed by atoms with Crippen LogP contribution in [0.1, 0.15) is 44.1 Å². The van der Waals surface area contributed by atoms with E-state index in [2.05, 4.69) is 16.0 Å². The molecule has 2 saturated carbocycles. The predicted octanol–water partition coefficient (Wildman–Crippen LogP) is 4.13. The Bertz CT molecular complexity index is 1250. The number of hydrogen-bond donors (Lipinski definition) is 3. The molecule has 2 aliphatic rings. The van der Waals surface area contributed by atoms with E-state index in [1.54, 1.807) is 0 Å². The van der Waals surface area contributed by atoms with Crippen molar-refractivity contribution in [1.82, 2.24) is 15.3 Å². The molecule has 8 nitrogen and oxygen atoms in total. The Hall–Kier alpha value is -3.68. The molecule has 3 N–H and O–H groups in total. The molecule has 1 heterocycles. The maximum Gasteiger partial charge on any atom is 0.225 e. The summed E-state index contributed by atoms with van der Waals surface area (Å²) in [5.41, 5.74) is 2.48. The molecule has 2 fully saturated rings. The van der Waals surface area contributed by atoms with E-state index in [9.17, 15) is 9.59 Å². The lowest BCUT2D eigenvalue weighted by Crippen LogP contribution is -2.36. The van der Waals surface area contributed by atoms with Gasteiger partial charge in [-0.3, -0.25) is 4.79 Å². The van der Waals surface area contributed by atoms with Crippen molar-refractivity contribution >= 4 is 40.5 Å². The second kappa shape index (κ2) is 10.1. The second-order valence-electron chi connectivity index (χ2n) is 10.3. The molecule has 36 heavy (non-hydrogen) atoms.